The van der Waals surface area contributed by atoms with E-state index in [9.17, 15) is 4.79 Å². The number of piperidine rings is 1. The van der Waals surface area contributed by atoms with Gasteiger partial charge in [-0.1, -0.05) is 11.6 Å². The van der Waals surface area contributed by atoms with Crippen molar-refractivity contribution in [2.45, 2.75) is 32.2 Å². The first-order valence-corrected chi connectivity index (χ1v) is 7.79. The number of ether oxygens (including phenoxy) is 1. The molecule has 1 saturated heterocycles. The fourth-order valence-electron chi connectivity index (χ4n) is 2.77. The predicted molar refractivity (Wildman–Crippen MR) is 83.0 cm³/mol. The van der Waals surface area contributed by atoms with Crippen LogP contribution in [0.4, 0.5) is 0 Å². The summed E-state index contributed by atoms with van der Waals surface area (Å²) in [5, 5.41) is 9.76. The number of hydrogen-bond donors (Lipinski definition) is 1. The third-order valence-corrected chi connectivity index (χ3v) is 4.29. The van der Waals surface area contributed by atoms with Crippen LogP contribution >= 0.6 is 11.6 Å². The summed E-state index contributed by atoms with van der Waals surface area (Å²) in [6.07, 6.45) is 2.43. The van der Waals surface area contributed by atoms with Gasteiger partial charge in [-0.05, 0) is 57.0 Å². The van der Waals surface area contributed by atoms with E-state index < -0.39 is 5.97 Å². The molecule has 21 heavy (non-hydrogen) atoms. The molecule has 5 heteroatoms. The molecule has 0 spiro atoms. The van der Waals surface area contributed by atoms with E-state index in [1.807, 2.05) is 24.3 Å². The van der Waals surface area contributed by atoms with Gasteiger partial charge in [-0.2, -0.15) is 0 Å². The average Bonchev–Trinajstić information content (AvgIpc) is 2.46. The highest BCUT2D eigenvalue weighted by molar-refractivity contribution is 6.30. The number of hydrogen-bond acceptors (Lipinski definition) is 3. The van der Waals surface area contributed by atoms with E-state index in [1.165, 1.54) is 0 Å². The van der Waals surface area contributed by atoms with E-state index in [4.69, 9.17) is 21.4 Å². The molecule has 0 amide bonds. The highest BCUT2D eigenvalue weighted by atomic mass is 35.5. The van der Waals surface area contributed by atoms with Gasteiger partial charge in [0.25, 0.3) is 0 Å². The fourth-order valence-corrected chi connectivity index (χ4v) is 2.89. The summed E-state index contributed by atoms with van der Waals surface area (Å²) in [7, 11) is 0. The lowest BCUT2D eigenvalue weighted by molar-refractivity contribution is -0.144. The first-order valence-electron chi connectivity index (χ1n) is 7.41. The highest BCUT2D eigenvalue weighted by Gasteiger charge is 2.29. The summed E-state index contributed by atoms with van der Waals surface area (Å²) in [4.78, 5) is 13.4. The van der Waals surface area contributed by atoms with E-state index >= 15 is 0 Å². The number of halogens is 1. The molecule has 1 N–H and O–H groups in total. The van der Waals surface area contributed by atoms with Crippen LogP contribution in [-0.2, 0) is 4.79 Å². The van der Waals surface area contributed by atoms with Crippen molar-refractivity contribution >= 4 is 17.6 Å². The molecule has 0 aliphatic carbocycles. The van der Waals surface area contributed by atoms with Crippen LogP contribution in [0.3, 0.4) is 0 Å². The molecule has 0 saturated carbocycles. The first kappa shape index (κ1) is 16.1. The zero-order valence-corrected chi connectivity index (χ0v) is 13.1. The molecule has 2 rings (SSSR count). The minimum atomic E-state index is -0.660. The summed E-state index contributed by atoms with van der Waals surface area (Å²) >= 11 is 5.82. The van der Waals surface area contributed by atoms with Gasteiger partial charge in [0.1, 0.15) is 5.75 Å². The third-order valence-electron chi connectivity index (χ3n) is 4.04. The Labute approximate surface area is 130 Å². The second-order valence-corrected chi connectivity index (χ2v) is 6.04. The second kappa shape index (κ2) is 7.66. The summed E-state index contributed by atoms with van der Waals surface area (Å²) in [5.41, 5.74) is 0. The Kier molecular flexibility index (Phi) is 5.88. The SMILES string of the molecule is CC1CC(C(=O)O)CCN1CCCOc1ccc(Cl)cc1. The van der Waals surface area contributed by atoms with Crippen molar-refractivity contribution in [3.63, 3.8) is 0 Å². The van der Waals surface area contributed by atoms with Gasteiger partial charge in [0.15, 0.2) is 0 Å². The van der Waals surface area contributed by atoms with Crippen LogP contribution in [-0.4, -0.2) is 41.7 Å². The lowest BCUT2D eigenvalue weighted by Crippen LogP contribution is -2.43. The largest absolute Gasteiger partial charge is 0.494 e. The van der Waals surface area contributed by atoms with E-state index in [-0.39, 0.29) is 5.92 Å². The first-order chi connectivity index (χ1) is 10.1. The summed E-state index contributed by atoms with van der Waals surface area (Å²) in [6.45, 7) is 4.57. The molecule has 2 unspecified atom stereocenters. The lowest BCUT2D eigenvalue weighted by atomic mass is 9.92. The van der Waals surface area contributed by atoms with Gasteiger partial charge >= 0.3 is 5.97 Å². The van der Waals surface area contributed by atoms with Gasteiger partial charge in [-0.3, -0.25) is 4.79 Å². The van der Waals surface area contributed by atoms with Crippen LogP contribution in [0.25, 0.3) is 0 Å². The summed E-state index contributed by atoms with van der Waals surface area (Å²) < 4.78 is 5.67. The number of nitrogens with zero attached hydrogens (tertiary/aromatic N) is 1. The molecule has 1 heterocycles. The number of carboxylic acids is 1. The van der Waals surface area contributed by atoms with Crippen molar-refractivity contribution in [3.8, 4) is 5.75 Å². The summed E-state index contributed by atoms with van der Waals surface area (Å²) in [6, 6.07) is 7.69. The van der Waals surface area contributed by atoms with Crippen LogP contribution < -0.4 is 4.74 Å². The van der Waals surface area contributed by atoms with Crippen molar-refractivity contribution in [2.75, 3.05) is 19.7 Å². The van der Waals surface area contributed by atoms with E-state index in [2.05, 4.69) is 11.8 Å². The number of likely N-dealkylation sites (tertiary alicyclic amines) is 1. The second-order valence-electron chi connectivity index (χ2n) is 5.60. The monoisotopic (exact) mass is 311 g/mol. The Morgan fingerprint density at radius 2 is 2.14 bits per heavy atom. The van der Waals surface area contributed by atoms with Crippen molar-refractivity contribution in [2.24, 2.45) is 5.92 Å². The number of rotatable bonds is 6. The van der Waals surface area contributed by atoms with Gasteiger partial charge in [-0.25, -0.2) is 0 Å². The number of benzene rings is 1. The molecule has 1 aromatic rings. The van der Waals surface area contributed by atoms with Crippen molar-refractivity contribution in [1.29, 1.82) is 0 Å². The minimum absolute atomic E-state index is 0.179. The van der Waals surface area contributed by atoms with Crippen LogP contribution in [0.15, 0.2) is 24.3 Å². The van der Waals surface area contributed by atoms with Crippen LogP contribution in [0, 0.1) is 5.92 Å². The predicted octanol–water partition coefficient (Wildman–Crippen LogP) is 3.29. The highest BCUT2D eigenvalue weighted by Crippen LogP contribution is 2.23. The molecule has 1 fully saturated rings. The molecule has 2 atom stereocenters. The van der Waals surface area contributed by atoms with Crippen LogP contribution in [0.1, 0.15) is 26.2 Å². The third kappa shape index (κ3) is 4.90. The van der Waals surface area contributed by atoms with Crippen LogP contribution in [0.5, 0.6) is 5.75 Å². The van der Waals surface area contributed by atoms with E-state index in [0.29, 0.717) is 17.7 Å². The van der Waals surface area contributed by atoms with Gasteiger partial charge < -0.3 is 14.7 Å². The van der Waals surface area contributed by atoms with Gasteiger partial charge in [0, 0.05) is 17.6 Å². The molecule has 0 aromatic heterocycles. The molecule has 116 valence electrons. The molecule has 0 bridgehead atoms. The Morgan fingerprint density at radius 3 is 2.76 bits per heavy atom. The van der Waals surface area contributed by atoms with Crippen molar-refractivity contribution in [1.82, 2.24) is 4.90 Å². The Morgan fingerprint density at radius 1 is 1.43 bits per heavy atom. The van der Waals surface area contributed by atoms with Crippen LogP contribution in [0.2, 0.25) is 5.02 Å². The molecule has 0 radical (unpaired) electrons. The van der Waals surface area contributed by atoms with Gasteiger partial charge in [-0.15, -0.1) is 0 Å². The zero-order chi connectivity index (χ0) is 15.2. The number of carboxylic acid groups (broad SMARTS) is 1. The maximum absolute atomic E-state index is 11.0. The normalized spacial score (nSPS) is 23.0. The van der Waals surface area contributed by atoms with E-state index in [1.54, 1.807) is 0 Å². The Balaban J connectivity index is 1.67. The summed E-state index contributed by atoms with van der Waals surface area (Å²) in [5.74, 6) is -0.00817. The fraction of sp³-hybridized carbons (Fsp3) is 0.562. The molecule has 1 aliphatic rings. The average molecular weight is 312 g/mol. The Bertz CT molecular complexity index is 463. The number of aliphatic carboxylic acids is 1. The van der Waals surface area contributed by atoms with Crippen molar-refractivity contribution in [3.05, 3.63) is 29.3 Å². The standard InChI is InChI=1S/C16H22ClNO3/c1-12-11-13(16(19)20)7-9-18(12)8-2-10-21-15-5-3-14(17)4-6-15/h3-6,12-13H,2,7-11H2,1H3,(H,19,20). The topological polar surface area (TPSA) is 49.8 Å². The molecular weight excluding hydrogens is 290 g/mol. The quantitative estimate of drug-likeness (QED) is 0.819. The zero-order valence-electron chi connectivity index (χ0n) is 12.3. The number of carbonyl (C=O) groups is 1. The minimum Gasteiger partial charge on any atom is -0.494 e. The molecular formula is C16H22ClNO3. The maximum Gasteiger partial charge on any atom is 0.306 e. The maximum atomic E-state index is 11.0. The van der Waals surface area contributed by atoms with Crippen molar-refractivity contribution < 1.29 is 14.6 Å². The Hall–Kier alpha value is -1.26. The van der Waals surface area contributed by atoms with Gasteiger partial charge in [0.05, 0.1) is 12.5 Å². The molecule has 1 aromatic carbocycles. The smallest absolute Gasteiger partial charge is 0.306 e. The molecule has 1 aliphatic heterocycles. The van der Waals surface area contributed by atoms with Gasteiger partial charge in [0.2, 0.25) is 0 Å². The van der Waals surface area contributed by atoms with E-state index in [0.717, 1.165) is 38.1 Å². The lowest BCUT2D eigenvalue weighted by Gasteiger charge is -2.36. The molecule has 4 nitrogen and oxygen atoms in total.